The lowest BCUT2D eigenvalue weighted by Gasteiger charge is -2.28. The van der Waals surface area contributed by atoms with E-state index in [0.29, 0.717) is 6.61 Å². The number of piperidine rings is 1. The molecule has 0 spiro atoms. The van der Waals surface area contributed by atoms with Crippen molar-refractivity contribution in [2.24, 2.45) is 0 Å². The molecule has 0 radical (unpaired) electrons. The molecule has 27 heavy (non-hydrogen) atoms. The van der Waals surface area contributed by atoms with Crippen LogP contribution in [0.3, 0.4) is 0 Å². The quantitative estimate of drug-likeness (QED) is 0.651. The van der Waals surface area contributed by atoms with Crippen molar-refractivity contribution in [1.29, 1.82) is 0 Å². The Hall–Kier alpha value is -2.89. The van der Waals surface area contributed by atoms with Gasteiger partial charge in [0, 0.05) is 36.3 Å². The third-order valence-electron chi connectivity index (χ3n) is 5.11. The van der Waals surface area contributed by atoms with Crippen molar-refractivity contribution in [3.8, 4) is 17.0 Å². The predicted molar refractivity (Wildman–Crippen MR) is 104 cm³/mol. The Morgan fingerprint density at radius 1 is 1.26 bits per heavy atom. The van der Waals surface area contributed by atoms with Gasteiger partial charge in [0.15, 0.2) is 5.65 Å². The van der Waals surface area contributed by atoms with E-state index < -0.39 is 0 Å². The van der Waals surface area contributed by atoms with E-state index in [2.05, 4.69) is 12.1 Å². The number of benzene rings is 1. The molecule has 3 aromatic rings. The number of ether oxygens (including phenoxy) is 1. The number of aryl methyl sites for hydroxylation is 1. The molecular formula is C21H24N4O2. The van der Waals surface area contributed by atoms with Gasteiger partial charge in [-0.25, -0.2) is 9.50 Å². The smallest absolute Gasteiger partial charge is 0.209 e. The summed E-state index contributed by atoms with van der Waals surface area (Å²) in [7, 11) is 0. The Kier molecular flexibility index (Phi) is 4.79. The fourth-order valence-corrected chi connectivity index (χ4v) is 3.72. The maximum Gasteiger partial charge on any atom is 0.209 e. The molecule has 1 atom stereocenters. The van der Waals surface area contributed by atoms with E-state index in [0.717, 1.165) is 66.4 Å². The summed E-state index contributed by atoms with van der Waals surface area (Å²) >= 11 is 0. The normalized spacial score (nSPS) is 17.3. The first kappa shape index (κ1) is 17.5. The minimum Gasteiger partial charge on any atom is -0.494 e. The molecule has 1 amide bonds. The average molecular weight is 364 g/mol. The van der Waals surface area contributed by atoms with Crippen LogP contribution in [0.4, 0.5) is 0 Å². The third kappa shape index (κ3) is 3.52. The lowest BCUT2D eigenvalue weighted by atomic mass is 9.95. The summed E-state index contributed by atoms with van der Waals surface area (Å²) in [6.07, 6.45) is 3.01. The van der Waals surface area contributed by atoms with Crippen molar-refractivity contribution < 1.29 is 9.53 Å². The van der Waals surface area contributed by atoms with Crippen LogP contribution in [0.15, 0.2) is 36.4 Å². The molecule has 2 aromatic heterocycles. The second-order valence-corrected chi connectivity index (χ2v) is 7.02. The highest BCUT2D eigenvalue weighted by Gasteiger charge is 2.23. The molecule has 0 bridgehead atoms. The third-order valence-corrected chi connectivity index (χ3v) is 5.11. The van der Waals surface area contributed by atoms with Gasteiger partial charge in [0.1, 0.15) is 5.75 Å². The molecule has 1 aliphatic heterocycles. The van der Waals surface area contributed by atoms with Gasteiger partial charge in [-0.1, -0.05) is 0 Å². The maximum atomic E-state index is 11.1. The van der Waals surface area contributed by atoms with Gasteiger partial charge in [0.05, 0.1) is 18.0 Å². The number of carbonyl (C=O) groups excluding carboxylic acids is 1. The van der Waals surface area contributed by atoms with Crippen LogP contribution in [-0.4, -0.2) is 45.6 Å². The molecule has 0 N–H and O–H groups in total. The van der Waals surface area contributed by atoms with E-state index in [9.17, 15) is 4.79 Å². The second kappa shape index (κ2) is 7.39. The van der Waals surface area contributed by atoms with E-state index >= 15 is 0 Å². The highest BCUT2D eigenvalue weighted by atomic mass is 16.5. The van der Waals surface area contributed by atoms with Gasteiger partial charge in [-0.05, 0) is 57.0 Å². The summed E-state index contributed by atoms with van der Waals surface area (Å²) in [5, 5.41) is 4.77. The second-order valence-electron chi connectivity index (χ2n) is 7.02. The first-order valence-corrected chi connectivity index (χ1v) is 9.48. The lowest BCUT2D eigenvalue weighted by Crippen LogP contribution is -2.33. The molecule has 1 aliphatic rings. The fourth-order valence-electron chi connectivity index (χ4n) is 3.72. The zero-order chi connectivity index (χ0) is 18.8. The average Bonchev–Trinajstić information content (AvgIpc) is 3.14. The van der Waals surface area contributed by atoms with Gasteiger partial charge in [0.2, 0.25) is 6.41 Å². The Morgan fingerprint density at radius 3 is 2.81 bits per heavy atom. The van der Waals surface area contributed by atoms with E-state index in [1.54, 1.807) is 0 Å². The summed E-state index contributed by atoms with van der Waals surface area (Å²) in [6.45, 7) is 6.25. The molecule has 1 fully saturated rings. The molecular weight excluding hydrogens is 340 g/mol. The zero-order valence-electron chi connectivity index (χ0n) is 15.8. The molecule has 0 saturated carbocycles. The van der Waals surface area contributed by atoms with Crippen molar-refractivity contribution in [3.63, 3.8) is 0 Å². The fraction of sp³-hybridized carbons (Fsp3) is 0.381. The Labute approximate surface area is 158 Å². The minimum absolute atomic E-state index is 0.277. The van der Waals surface area contributed by atoms with Crippen LogP contribution in [0.5, 0.6) is 5.75 Å². The van der Waals surface area contributed by atoms with Gasteiger partial charge >= 0.3 is 0 Å². The maximum absolute atomic E-state index is 11.1. The van der Waals surface area contributed by atoms with Crippen LogP contribution in [-0.2, 0) is 4.79 Å². The number of likely N-dealkylation sites (tertiary alicyclic amines) is 1. The number of carbonyl (C=O) groups is 1. The molecule has 3 heterocycles. The highest BCUT2D eigenvalue weighted by Crippen LogP contribution is 2.28. The first-order valence-electron chi connectivity index (χ1n) is 9.48. The first-order chi connectivity index (χ1) is 13.2. The number of hydrogen-bond donors (Lipinski definition) is 0. The van der Waals surface area contributed by atoms with Crippen LogP contribution in [0.25, 0.3) is 16.9 Å². The van der Waals surface area contributed by atoms with E-state index in [1.807, 2.05) is 47.5 Å². The van der Waals surface area contributed by atoms with Gasteiger partial charge in [-0.2, -0.15) is 5.10 Å². The van der Waals surface area contributed by atoms with Crippen molar-refractivity contribution in [2.75, 3.05) is 19.7 Å². The molecule has 140 valence electrons. The van der Waals surface area contributed by atoms with Gasteiger partial charge < -0.3 is 9.64 Å². The van der Waals surface area contributed by atoms with Crippen LogP contribution in [0.1, 0.15) is 37.1 Å². The number of aromatic nitrogens is 3. The van der Waals surface area contributed by atoms with Gasteiger partial charge in [-0.15, -0.1) is 0 Å². The summed E-state index contributed by atoms with van der Waals surface area (Å²) in [5.74, 6) is 1.14. The van der Waals surface area contributed by atoms with Crippen LogP contribution >= 0.6 is 0 Å². The van der Waals surface area contributed by atoms with Crippen LogP contribution in [0, 0.1) is 6.92 Å². The molecule has 1 aromatic carbocycles. The Morgan fingerprint density at radius 2 is 2.07 bits per heavy atom. The van der Waals surface area contributed by atoms with Gasteiger partial charge in [0.25, 0.3) is 0 Å². The zero-order valence-corrected chi connectivity index (χ0v) is 15.8. The molecule has 1 unspecified atom stereocenters. The predicted octanol–water partition coefficient (Wildman–Crippen LogP) is 3.44. The van der Waals surface area contributed by atoms with E-state index in [4.69, 9.17) is 14.8 Å². The van der Waals surface area contributed by atoms with Crippen LogP contribution in [0.2, 0.25) is 0 Å². The molecule has 6 nitrogen and oxygen atoms in total. The Balaban J connectivity index is 1.66. The minimum atomic E-state index is 0.277. The molecule has 4 rings (SSSR count). The largest absolute Gasteiger partial charge is 0.494 e. The summed E-state index contributed by atoms with van der Waals surface area (Å²) in [5.41, 5.74) is 4.88. The van der Waals surface area contributed by atoms with Crippen molar-refractivity contribution in [3.05, 3.63) is 47.8 Å². The SMILES string of the molecule is CCOc1ccc(-c2cc(C)n3nc(C4CCCN(C=O)C4)cc3n2)cc1. The highest BCUT2D eigenvalue weighted by molar-refractivity contribution is 5.63. The molecule has 0 aliphatic carbocycles. The van der Waals surface area contributed by atoms with E-state index in [1.165, 1.54) is 0 Å². The molecule has 1 saturated heterocycles. The van der Waals surface area contributed by atoms with Crippen LogP contribution < -0.4 is 4.74 Å². The number of fused-ring (bicyclic) bond motifs is 1. The van der Waals surface area contributed by atoms with E-state index in [-0.39, 0.29) is 5.92 Å². The Bertz CT molecular complexity index is 949. The standard InChI is InChI=1S/C21H24N4O2/c1-3-27-18-8-6-16(7-9-18)19-11-15(2)25-21(22-19)12-20(23-25)17-5-4-10-24(13-17)14-26/h6-9,11-12,14,17H,3-5,10,13H2,1-2H3. The van der Waals surface area contributed by atoms with Crippen molar-refractivity contribution >= 4 is 12.1 Å². The van der Waals surface area contributed by atoms with Crippen molar-refractivity contribution in [2.45, 2.75) is 32.6 Å². The summed E-state index contributed by atoms with van der Waals surface area (Å²) in [6, 6.07) is 12.1. The lowest BCUT2D eigenvalue weighted by molar-refractivity contribution is -0.119. The summed E-state index contributed by atoms with van der Waals surface area (Å²) < 4.78 is 7.41. The number of rotatable bonds is 5. The van der Waals surface area contributed by atoms with Crippen molar-refractivity contribution in [1.82, 2.24) is 19.5 Å². The monoisotopic (exact) mass is 364 g/mol. The molecule has 6 heteroatoms. The summed E-state index contributed by atoms with van der Waals surface area (Å²) in [4.78, 5) is 17.8. The number of amides is 1. The topological polar surface area (TPSA) is 59.7 Å². The van der Waals surface area contributed by atoms with Gasteiger partial charge in [-0.3, -0.25) is 4.79 Å². The number of hydrogen-bond acceptors (Lipinski definition) is 4. The number of nitrogens with zero attached hydrogens (tertiary/aromatic N) is 4.